The standard InChI is InChI=1S/C14H22N2OS/c1-17-11-5-6-13(12(15)9-11)16-10-14(18-2)7-3-4-8-14/h5-6,9,16H,3-4,7-8,10,15H2,1-2H3. The van der Waals surface area contributed by atoms with E-state index in [2.05, 4.69) is 11.6 Å². The average Bonchev–Trinajstić information content (AvgIpc) is 2.86. The Kier molecular flexibility index (Phi) is 4.27. The van der Waals surface area contributed by atoms with Gasteiger partial charge in [0, 0.05) is 17.4 Å². The molecule has 0 unspecified atom stereocenters. The summed E-state index contributed by atoms with van der Waals surface area (Å²) in [6, 6.07) is 5.80. The summed E-state index contributed by atoms with van der Waals surface area (Å²) < 4.78 is 5.55. The van der Waals surface area contributed by atoms with E-state index >= 15 is 0 Å². The first-order valence-electron chi connectivity index (χ1n) is 6.42. The molecule has 18 heavy (non-hydrogen) atoms. The molecule has 0 saturated heterocycles. The summed E-state index contributed by atoms with van der Waals surface area (Å²) in [5, 5.41) is 3.50. The molecule has 1 aromatic rings. The number of hydrogen-bond acceptors (Lipinski definition) is 4. The normalized spacial score (nSPS) is 17.7. The molecule has 0 aliphatic heterocycles. The first kappa shape index (κ1) is 13.4. The molecule has 0 amide bonds. The molecular formula is C14H22N2OS. The second kappa shape index (κ2) is 5.74. The topological polar surface area (TPSA) is 47.3 Å². The molecule has 3 nitrogen and oxygen atoms in total. The van der Waals surface area contributed by atoms with Crippen LogP contribution in [0.3, 0.4) is 0 Å². The lowest BCUT2D eigenvalue weighted by Gasteiger charge is -2.27. The molecule has 1 aliphatic carbocycles. The van der Waals surface area contributed by atoms with Crippen molar-refractivity contribution in [2.45, 2.75) is 30.4 Å². The van der Waals surface area contributed by atoms with E-state index in [-0.39, 0.29) is 0 Å². The minimum absolute atomic E-state index is 0.395. The minimum Gasteiger partial charge on any atom is -0.497 e. The Morgan fingerprint density at radius 1 is 1.39 bits per heavy atom. The minimum atomic E-state index is 0.395. The third-order valence-corrected chi connectivity index (χ3v) is 5.23. The van der Waals surface area contributed by atoms with Gasteiger partial charge >= 0.3 is 0 Å². The molecule has 1 aliphatic rings. The molecule has 0 radical (unpaired) electrons. The zero-order chi connectivity index (χ0) is 13.0. The van der Waals surface area contributed by atoms with Crippen LogP contribution in [0.15, 0.2) is 18.2 Å². The first-order chi connectivity index (χ1) is 8.69. The highest BCUT2D eigenvalue weighted by Gasteiger charge is 2.32. The summed E-state index contributed by atoms with van der Waals surface area (Å²) in [4.78, 5) is 0. The summed E-state index contributed by atoms with van der Waals surface area (Å²) >= 11 is 1.98. The lowest BCUT2D eigenvalue weighted by molar-refractivity contribution is 0.415. The number of hydrogen-bond donors (Lipinski definition) is 2. The molecule has 0 heterocycles. The third kappa shape index (κ3) is 2.86. The van der Waals surface area contributed by atoms with Gasteiger partial charge in [-0.15, -0.1) is 0 Å². The molecule has 0 atom stereocenters. The van der Waals surface area contributed by atoms with Gasteiger partial charge in [0.15, 0.2) is 0 Å². The van der Waals surface area contributed by atoms with Crippen molar-refractivity contribution in [3.05, 3.63) is 18.2 Å². The molecule has 0 spiro atoms. The second-order valence-corrected chi connectivity index (χ2v) is 6.18. The zero-order valence-corrected chi connectivity index (χ0v) is 12.0. The molecule has 100 valence electrons. The van der Waals surface area contributed by atoms with Crippen molar-refractivity contribution < 1.29 is 4.74 Å². The number of anilines is 2. The van der Waals surface area contributed by atoms with Crippen molar-refractivity contribution in [1.82, 2.24) is 0 Å². The Bertz CT molecular complexity index is 403. The fourth-order valence-corrected chi connectivity index (χ4v) is 3.47. The molecule has 0 bridgehead atoms. The molecule has 1 saturated carbocycles. The number of nitrogen functional groups attached to an aromatic ring is 1. The van der Waals surface area contributed by atoms with Crippen LogP contribution in [0, 0.1) is 0 Å². The van der Waals surface area contributed by atoms with Gasteiger partial charge in [0.05, 0.1) is 18.5 Å². The van der Waals surface area contributed by atoms with Crippen LogP contribution in [0.5, 0.6) is 5.75 Å². The number of rotatable bonds is 5. The van der Waals surface area contributed by atoms with Crippen molar-refractivity contribution >= 4 is 23.1 Å². The fourth-order valence-electron chi connectivity index (χ4n) is 2.56. The quantitative estimate of drug-likeness (QED) is 0.802. The largest absolute Gasteiger partial charge is 0.497 e. The van der Waals surface area contributed by atoms with E-state index in [1.165, 1.54) is 25.7 Å². The van der Waals surface area contributed by atoms with Gasteiger partial charge in [0.25, 0.3) is 0 Å². The van der Waals surface area contributed by atoms with Gasteiger partial charge in [0.2, 0.25) is 0 Å². The van der Waals surface area contributed by atoms with Crippen LogP contribution in [-0.2, 0) is 0 Å². The lowest BCUT2D eigenvalue weighted by atomic mass is 10.1. The van der Waals surface area contributed by atoms with Crippen molar-refractivity contribution in [3.8, 4) is 5.75 Å². The third-order valence-electron chi connectivity index (χ3n) is 3.81. The van der Waals surface area contributed by atoms with Crippen molar-refractivity contribution in [2.24, 2.45) is 0 Å². The maximum atomic E-state index is 6.02. The molecule has 1 aromatic carbocycles. The van der Waals surface area contributed by atoms with Crippen molar-refractivity contribution in [2.75, 3.05) is 31.0 Å². The van der Waals surface area contributed by atoms with Gasteiger partial charge in [-0.05, 0) is 31.2 Å². The van der Waals surface area contributed by atoms with Crippen LogP contribution in [0.25, 0.3) is 0 Å². The molecular weight excluding hydrogens is 244 g/mol. The average molecular weight is 266 g/mol. The Hall–Kier alpha value is -1.03. The lowest BCUT2D eigenvalue weighted by Crippen LogP contribution is -2.30. The number of thioether (sulfide) groups is 1. The van der Waals surface area contributed by atoms with Gasteiger partial charge in [-0.3, -0.25) is 0 Å². The van der Waals surface area contributed by atoms with E-state index in [0.717, 1.165) is 23.7 Å². The summed E-state index contributed by atoms with van der Waals surface area (Å²) in [6.07, 6.45) is 7.51. The predicted molar refractivity (Wildman–Crippen MR) is 80.6 cm³/mol. The van der Waals surface area contributed by atoms with E-state index in [4.69, 9.17) is 10.5 Å². The number of benzene rings is 1. The van der Waals surface area contributed by atoms with E-state index in [9.17, 15) is 0 Å². The van der Waals surface area contributed by atoms with Gasteiger partial charge in [-0.2, -0.15) is 11.8 Å². The van der Waals surface area contributed by atoms with Crippen LogP contribution in [-0.4, -0.2) is 24.7 Å². The Balaban J connectivity index is 2.01. The second-order valence-electron chi connectivity index (χ2n) is 4.90. The SMILES string of the molecule is COc1ccc(NCC2(SC)CCCC2)c(N)c1. The Morgan fingerprint density at radius 3 is 2.67 bits per heavy atom. The molecule has 2 rings (SSSR count). The van der Waals surface area contributed by atoms with Crippen LogP contribution in [0.4, 0.5) is 11.4 Å². The maximum Gasteiger partial charge on any atom is 0.121 e. The molecule has 3 N–H and O–H groups in total. The summed E-state index contributed by atoms with van der Waals surface area (Å²) in [5.41, 5.74) is 7.78. The van der Waals surface area contributed by atoms with Crippen LogP contribution < -0.4 is 15.8 Å². The smallest absolute Gasteiger partial charge is 0.121 e. The van der Waals surface area contributed by atoms with Gasteiger partial charge < -0.3 is 15.8 Å². The first-order valence-corrected chi connectivity index (χ1v) is 7.64. The Labute approximate surface area is 113 Å². The highest BCUT2D eigenvalue weighted by Crippen LogP contribution is 2.40. The highest BCUT2D eigenvalue weighted by molar-refractivity contribution is 8.00. The van der Waals surface area contributed by atoms with Crippen LogP contribution in [0.2, 0.25) is 0 Å². The van der Waals surface area contributed by atoms with E-state index < -0.39 is 0 Å². The number of methoxy groups -OCH3 is 1. The molecule has 4 heteroatoms. The van der Waals surface area contributed by atoms with Crippen molar-refractivity contribution in [3.63, 3.8) is 0 Å². The van der Waals surface area contributed by atoms with Gasteiger partial charge in [-0.25, -0.2) is 0 Å². The summed E-state index contributed by atoms with van der Waals surface area (Å²) in [6.45, 7) is 0.991. The van der Waals surface area contributed by atoms with Gasteiger partial charge in [0.1, 0.15) is 5.75 Å². The monoisotopic (exact) mass is 266 g/mol. The van der Waals surface area contributed by atoms with Crippen LogP contribution >= 0.6 is 11.8 Å². The Morgan fingerprint density at radius 2 is 2.11 bits per heavy atom. The van der Waals surface area contributed by atoms with Crippen LogP contribution in [0.1, 0.15) is 25.7 Å². The summed E-state index contributed by atoms with van der Waals surface area (Å²) in [5.74, 6) is 0.804. The molecule has 1 fully saturated rings. The van der Waals surface area contributed by atoms with Crippen molar-refractivity contribution in [1.29, 1.82) is 0 Å². The van der Waals surface area contributed by atoms with Gasteiger partial charge in [-0.1, -0.05) is 12.8 Å². The number of nitrogens with one attached hydrogen (secondary N) is 1. The maximum absolute atomic E-state index is 6.02. The van der Waals surface area contributed by atoms with E-state index in [0.29, 0.717) is 4.75 Å². The number of ether oxygens (including phenoxy) is 1. The van der Waals surface area contributed by atoms with E-state index in [1.54, 1.807) is 7.11 Å². The molecule has 0 aromatic heterocycles. The zero-order valence-electron chi connectivity index (χ0n) is 11.2. The highest BCUT2D eigenvalue weighted by atomic mass is 32.2. The summed E-state index contributed by atoms with van der Waals surface area (Å²) in [7, 11) is 1.66. The number of nitrogens with two attached hydrogens (primary N) is 1. The van der Waals surface area contributed by atoms with E-state index in [1.807, 2.05) is 30.0 Å². The predicted octanol–water partition coefficient (Wildman–Crippen LogP) is 3.37. The fraction of sp³-hybridized carbons (Fsp3) is 0.571.